The third-order valence-electron chi connectivity index (χ3n) is 2.41. The number of hydrogen-bond donors (Lipinski definition) is 2. The van der Waals surface area contributed by atoms with Crippen molar-refractivity contribution >= 4 is 21.9 Å². The third-order valence-corrected chi connectivity index (χ3v) is 4.32. The fourth-order valence-corrected chi connectivity index (χ4v) is 3.03. The Kier molecular flexibility index (Phi) is 4.88. The molecule has 17 heavy (non-hydrogen) atoms. The summed E-state index contributed by atoms with van der Waals surface area (Å²) < 4.78 is 23.9. The maximum absolute atomic E-state index is 11.4. The van der Waals surface area contributed by atoms with Crippen molar-refractivity contribution in [1.82, 2.24) is 9.62 Å². The zero-order valence-electron chi connectivity index (χ0n) is 9.39. The van der Waals surface area contributed by atoms with E-state index in [1.165, 1.54) is 0 Å². The molecule has 98 valence electrons. The van der Waals surface area contributed by atoms with E-state index in [2.05, 4.69) is 5.32 Å². The molecule has 7 nitrogen and oxygen atoms in total. The van der Waals surface area contributed by atoms with Crippen LogP contribution in [0, 0.1) is 0 Å². The molecule has 1 fully saturated rings. The van der Waals surface area contributed by atoms with Crippen LogP contribution in [0.2, 0.25) is 0 Å². The second-order valence-electron chi connectivity index (χ2n) is 3.85. The lowest BCUT2D eigenvalue weighted by Crippen LogP contribution is -2.38. The van der Waals surface area contributed by atoms with E-state index in [9.17, 15) is 18.0 Å². The van der Waals surface area contributed by atoms with Crippen molar-refractivity contribution in [3.8, 4) is 0 Å². The average molecular weight is 264 g/mol. The zero-order chi connectivity index (χ0) is 12.9. The number of nitrogens with zero attached hydrogens (tertiary/aromatic N) is 1. The molecule has 0 aromatic rings. The quantitative estimate of drug-likeness (QED) is 0.599. The van der Waals surface area contributed by atoms with Crippen molar-refractivity contribution in [1.29, 1.82) is 0 Å². The van der Waals surface area contributed by atoms with Crippen LogP contribution in [0.4, 0.5) is 0 Å². The number of carbonyl (C=O) groups excluding carboxylic acids is 1. The van der Waals surface area contributed by atoms with Gasteiger partial charge in [-0.3, -0.25) is 9.59 Å². The summed E-state index contributed by atoms with van der Waals surface area (Å²) in [6.45, 7) is 0.458. The van der Waals surface area contributed by atoms with E-state index in [1.54, 1.807) is 0 Å². The number of nitrogens with one attached hydrogen (secondary N) is 1. The maximum atomic E-state index is 11.4. The van der Waals surface area contributed by atoms with E-state index < -0.39 is 16.0 Å². The number of sulfonamides is 1. The molecule has 8 heteroatoms. The third kappa shape index (κ3) is 4.70. The van der Waals surface area contributed by atoms with E-state index in [0.29, 0.717) is 19.4 Å². The molecule has 1 aliphatic rings. The van der Waals surface area contributed by atoms with Crippen molar-refractivity contribution < 1.29 is 23.1 Å². The Balaban J connectivity index is 2.23. The van der Waals surface area contributed by atoms with E-state index in [-0.39, 0.29) is 31.2 Å². The largest absolute Gasteiger partial charge is 0.481 e. The standard InChI is InChI=1S/C9H16N2O5S/c12-8(10-4-1-3-9(13)14)7-11-5-2-6-17(11,15)16/h1-7H2,(H,10,12)(H,13,14). The van der Waals surface area contributed by atoms with Crippen molar-refractivity contribution in [2.24, 2.45) is 0 Å². The lowest BCUT2D eigenvalue weighted by Gasteiger charge is -2.13. The topological polar surface area (TPSA) is 104 Å². The number of aliphatic carboxylic acids is 1. The molecule has 1 aliphatic heterocycles. The van der Waals surface area contributed by atoms with Gasteiger partial charge in [0.1, 0.15) is 0 Å². The van der Waals surface area contributed by atoms with Gasteiger partial charge in [-0.15, -0.1) is 0 Å². The number of hydrogen-bond acceptors (Lipinski definition) is 4. The van der Waals surface area contributed by atoms with Gasteiger partial charge in [-0.2, -0.15) is 4.31 Å². The summed E-state index contributed by atoms with van der Waals surface area (Å²) >= 11 is 0. The van der Waals surface area contributed by atoms with E-state index in [4.69, 9.17) is 5.11 Å². The fourth-order valence-electron chi connectivity index (χ4n) is 1.55. The van der Waals surface area contributed by atoms with Crippen LogP contribution in [0.1, 0.15) is 19.3 Å². The zero-order valence-corrected chi connectivity index (χ0v) is 10.2. The predicted octanol–water partition coefficient (Wildman–Crippen LogP) is -0.997. The highest BCUT2D eigenvalue weighted by Crippen LogP contribution is 2.11. The summed E-state index contributed by atoms with van der Waals surface area (Å²) in [5.74, 6) is -1.21. The predicted molar refractivity (Wildman–Crippen MR) is 59.9 cm³/mol. The highest BCUT2D eigenvalue weighted by atomic mass is 32.2. The normalized spacial score (nSPS) is 19.1. The van der Waals surface area contributed by atoms with Crippen molar-refractivity contribution in [2.75, 3.05) is 25.4 Å². The maximum Gasteiger partial charge on any atom is 0.303 e. The van der Waals surface area contributed by atoms with Crippen molar-refractivity contribution in [2.45, 2.75) is 19.3 Å². The second kappa shape index (κ2) is 5.97. The van der Waals surface area contributed by atoms with Crippen LogP contribution in [0.3, 0.4) is 0 Å². The molecule has 0 radical (unpaired) electrons. The highest BCUT2D eigenvalue weighted by Gasteiger charge is 2.29. The van der Waals surface area contributed by atoms with Gasteiger partial charge in [0.15, 0.2) is 0 Å². The van der Waals surface area contributed by atoms with Crippen LogP contribution >= 0.6 is 0 Å². The lowest BCUT2D eigenvalue weighted by atomic mass is 10.3. The Bertz CT molecular complexity index is 392. The summed E-state index contributed by atoms with van der Waals surface area (Å²) in [7, 11) is -3.25. The first kappa shape index (κ1) is 13.9. The van der Waals surface area contributed by atoms with Gasteiger partial charge in [0, 0.05) is 19.5 Å². The van der Waals surface area contributed by atoms with Gasteiger partial charge in [0.25, 0.3) is 0 Å². The molecule has 0 spiro atoms. The van der Waals surface area contributed by atoms with Crippen LogP contribution < -0.4 is 5.32 Å². The molecule has 0 aromatic heterocycles. The number of carboxylic acid groups (broad SMARTS) is 1. The average Bonchev–Trinajstić information content (AvgIpc) is 2.53. The van der Waals surface area contributed by atoms with Gasteiger partial charge in [-0.25, -0.2) is 8.42 Å². The van der Waals surface area contributed by atoms with E-state index in [1.807, 2.05) is 0 Å². The highest BCUT2D eigenvalue weighted by molar-refractivity contribution is 7.89. The molecular weight excluding hydrogens is 248 g/mol. The monoisotopic (exact) mass is 264 g/mol. The van der Waals surface area contributed by atoms with Crippen LogP contribution in [-0.4, -0.2) is 55.1 Å². The first-order valence-corrected chi connectivity index (χ1v) is 6.99. The van der Waals surface area contributed by atoms with E-state index in [0.717, 1.165) is 4.31 Å². The molecule has 1 saturated heterocycles. The van der Waals surface area contributed by atoms with E-state index >= 15 is 0 Å². The summed E-state index contributed by atoms with van der Waals surface area (Å²) in [5, 5.41) is 10.9. The Morgan fingerprint density at radius 3 is 2.59 bits per heavy atom. The van der Waals surface area contributed by atoms with Crippen molar-refractivity contribution in [3.05, 3.63) is 0 Å². The van der Waals surface area contributed by atoms with Gasteiger partial charge in [0.2, 0.25) is 15.9 Å². The molecule has 1 rings (SSSR count). The molecule has 0 bridgehead atoms. The number of amides is 1. The smallest absolute Gasteiger partial charge is 0.303 e. The second-order valence-corrected chi connectivity index (χ2v) is 5.94. The summed E-state index contributed by atoms with van der Waals surface area (Å²) in [6, 6.07) is 0. The summed E-state index contributed by atoms with van der Waals surface area (Å²) in [4.78, 5) is 21.6. The molecule has 1 amide bonds. The molecule has 0 saturated carbocycles. The number of rotatable bonds is 6. The van der Waals surface area contributed by atoms with Gasteiger partial charge < -0.3 is 10.4 Å². The minimum atomic E-state index is -3.25. The Morgan fingerprint density at radius 1 is 1.35 bits per heavy atom. The van der Waals surface area contributed by atoms with Gasteiger partial charge >= 0.3 is 5.97 Å². The molecule has 0 aliphatic carbocycles. The van der Waals surface area contributed by atoms with Gasteiger partial charge in [0.05, 0.1) is 12.3 Å². The molecule has 2 N–H and O–H groups in total. The van der Waals surface area contributed by atoms with Crippen LogP contribution in [0.25, 0.3) is 0 Å². The number of carboxylic acids is 1. The summed E-state index contributed by atoms with van der Waals surface area (Å²) in [6.07, 6.45) is 0.880. The number of carbonyl (C=O) groups is 2. The Labute approximate surface area is 99.8 Å². The first-order valence-electron chi connectivity index (χ1n) is 5.38. The minimum Gasteiger partial charge on any atom is -0.481 e. The summed E-state index contributed by atoms with van der Waals surface area (Å²) in [5.41, 5.74) is 0. The molecular formula is C9H16N2O5S. The Morgan fingerprint density at radius 2 is 2.06 bits per heavy atom. The fraction of sp³-hybridized carbons (Fsp3) is 0.778. The molecule has 0 atom stereocenters. The molecule has 1 heterocycles. The van der Waals surface area contributed by atoms with Crippen LogP contribution in [-0.2, 0) is 19.6 Å². The lowest BCUT2D eigenvalue weighted by molar-refractivity contribution is -0.137. The SMILES string of the molecule is O=C(O)CCCNC(=O)CN1CCCS1(=O)=O. The van der Waals surface area contributed by atoms with Crippen molar-refractivity contribution in [3.63, 3.8) is 0 Å². The van der Waals surface area contributed by atoms with Gasteiger partial charge in [-0.05, 0) is 12.8 Å². The molecule has 0 unspecified atom stereocenters. The first-order chi connectivity index (χ1) is 7.92. The van der Waals surface area contributed by atoms with Gasteiger partial charge in [-0.1, -0.05) is 0 Å². The minimum absolute atomic E-state index is 0.0116. The van der Waals surface area contributed by atoms with Crippen LogP contribution in [0.15, 0.2) is 0 Å². The Hall–Kier alpha value is -1.15. The molecule has 0 aromatic carbocycles. The van der Waals surface area contributed by atoms with Crippen LogP contribution in [0.5, 0.6) is 0 Å².